The SMILES string of the molecule is COCCOCCOCCOCCS[Si](C)(C)C. The van der Waals surface area contributed by atoms with E-state index >= 15 is 0 Å². The molecule has 0 aliphatic carbocycles. The third-order valence-corrected chi connectivity index (χ3v) is 6.39. The summed E-state index contributed by atoms with van der Waals surface area (Å²) in [5.74, 6) is 1.09. The van der Waals surface area contributed by atoms with Crippen LogP contribution in [0.4, 0.5) is 0 Å². The highest BCUT2D eigenvalue weighted by Crippen LogP contribution is 2.18. The van der Waals surface area contributed by atoms with E-state index in [2.05, 4.69) is 30.9 Å². The van der Waals surface area contributed by atoms with E-state index in [1.165, 1.54) is 0 Å². The van der Waals surface area contributed by atoms with Crippen molar-refractivity contribution in [2.24, 2.45) is 0 Å². The Kier molecular flexibility index (Phi) is 12.7. The first-order valence-corrected chi connectivity index (χ1v) is 11.6. The van der Waals surface area contributed by atoms with Crippen molar-refractivity contribution in [1.29, 1.82) is 0 Å². The molecule has 0 atom stereocenters. The Hall–Kier alpha value is 0.407. The molecule has 0 saturated heterocycles. The number of hydrogen-bond donors (Lipinski definition) is 0. The van der Waals surface area contributed by atoms with E-state index in [1.807, 2.05) is 0 Å². The van der Waals surface area contributed by atoms with E-state index in [-0.39, 0.29) is 0 Å². The minimum absolute atomic E-state index is 0.620. The van der Waals surface area contributed by atoms with Gasteiger partial charge in [0.15, 0.2) is 0 Å². The van der Waals surface area contributed by atoms with Gasteiger partial charge in [-0.25, -0.2) is 0 Å². The number of methoxy groups -OCH3 is 1. The van der Waals surface area contributed by atoms with Crippen LogP contribution in [0.15, 0.2) is 0 Å². The van der Waals surface area contributed by atoms with Crippen molar-refractivity contribution in [3.63, 3.8) is 0 Å². The summed E-state index contributed by atoms with van der Waals surface area (Å²) in [7, 11) is 0.688. The van der Waals surface area contributed by atoms with Crippen LogP contribution in [0.25, 0.3) is 0 Å². The van der Waals surface area contributed by atoms with Gasteiger partial charge >= 0.3 is 0 Å². The minimum atomic E-state index is -0.976. The topological polar surface area (TPSA) is 36.9 Å². The summed E-state index contributed by atoms with van der Waals surface area (Å²) in [5, 5.41) is 0. The maximum absolute atomic E-state index is 5.49. The van der Waals surface area contributed by atoms with E-state index < -0.39 is 7.22 Å². The second-order valence-corrected chi connectivity index (χ2v) is 14.3. The van der Waals surface area contributed by atoms with Gasteiger partial charge in [-0.2, -0.15) is 11.2 Å². The Morgan fingerprint density at radius 3 is 1.61 bits per heavy atom. The quantitative estimate of drug-likeness (QED) is 0.385. The van der Waals surface area contributed by atoms with E-state index in [9.17, 15) is 0 Å². The van der Waals surface area contributed by atoms with Crippen molar-refractivity contribution in [2.45, 2.75) is 19.6 Å². The molecular formula is C12H28O4SSi. The summed E-state index contributed by atoms with van der Waals surface area (Å²) in [5.41, 5.74) is 0. The van der Waals surface area contributed by atoms with Crippen molar-refractivity contribution in [1.82, 2.24) is 0 Å². The molecule has 0 radical (unpaired) electrons. The summed E-state index contributed by atoms with van der Waals surface area (Å²) in [4.78, 5) is 0. The zero-order valence-corrected chi connectivity index (χ0v) is 14.0. The normalized spacial score (nSPS) is 12.0. The van der Waals surface area contributed by atoms with E-state index in [4.69, 9.17) is 18.9 Å². The summed E-state index contributed by atoms with van der Waals surface area (Å²) >= 11 is 2.05. The van der Waals surface area contributed by atoms with Gasteiger partial charge in [0.1, 0.15) is 7.22 Å². The highest BCUT2D eigenvalue weighted by atomic mass is 32.4. The van der Waals surface area contributed by atoms with Crippen molar-refractivity contribution in [2.75, 3.05) is 59.1 Å². The standard InChI is InChI=1S/C12H28O4SSi/c1-13-5-6-14-7-8-15-9-10-16-11-12-17-18(2,3)4/h5-12H2,1-4H3. The first-order chi connectivity index (χ1) is 8.56. The molecule has 0 rings (SSSR count). The fourth-order valence-corrected chi connectivity index (χ4v) is 3.99. The van der Waals surface area contributed by atoms with Gasteiger partial charge in [-0.1, -0.05) is 19.6 Å². The van der Waals surface area contributed by atoms with Crippen LogP contribution in [0.5, 0.6) is 0 Å². The Balaban J connectivity index is 2.99. The molecule has 0 aromatic carbocycles. The van der Waals surface area contributed by atoms with E-state index in [0.717, 1.165) is 12.4 Å². The van der Waals surface area contributed by atoms with Crippen LogP contribution in [0.2, 0.25) is 19.6 Å². The molecule has 0 spiro atoms. The smallest absolute Gasteiger partial charge is 0.108 e. The lowest BCUT2D eigenvalue weighted by Gasteiger charge is -2.14. The van der Waals surface area contributed by atoms with Crippen molar-refractivity contribution in [3.05, 3.63) is 0 Å². The van der Waals surface area contributed by atoms with Gasteiger partial charge in [-0.3, -0.25) is 0 Å². The van der Waals surface area contributed by atoms with Crippen molar-refractivity contribution >= 4 is 18.4 Å². The van der Waals surface area contributed by atoms with Crippen LogP contribution in [0, 0.1) is 0 Å². The lowest BCUT2D eigenvalue weighted by atomic mass is 10.7. The summed E-state index contributed by atoms with van der Waals surface area (Å²) in [6.45, 7) is 11.7. The predicted octanol–water partition coefficient (Wildman–Crippen LogP) is 2.25. The largest absolute Gasteiger partial charge is 0.382 e. The summed E-state index contributed by atoms with van der Waals surface area (Å²) in [6.07, 6.45) is 0. The molecule has 0 amide bonds. The van der Waals surface area contributed by atoms with Gasteiger partial charge in [0.05, 0.1) is 46.2 Å². The molecule has 0 N–H and O–H groups in total. The zero-order chi connectivity index (χ0) is 13.7. The van der Waals surface area contributed by atoms with E-state index in [1.54, 1.807) is 7.11 Å². The second kappa shape index (κ2) is 12.4. The number of ether oxygens (including phenoxy) is 4. The first-order valence-electron chi connectivity index (χ1n) is 6.42. The Labute approximate surface area is 116 Å². The molecule has 0 aromatic heterocycles. The van der Waals surface area contributed by atoms with Crippen LogP contribution >= 0.6 is 11.2 Å². The van der Waals surface area contributed by atoms with Gasteiger partial charge < -0.3 is 18.9 Å². The second-order valence-electron chi connectivity index (χ2n) is 4.79. The van der Waals surface area contributed by atoms with Gasteiger partial charge in [0.25, 0.3) is 0 Å². The van der Waals surface area contributed by atoms with Crippen LogP contribution < -0.4 is 0 Å². The first kappa shape index (κ1) is 18.4. The number of hydrogen-bond acceptors (Lipinski definition) is 5. The molecule has 6 heteroatoms. The monoisotopic (exact) mass is 296 g/mol. The molecule has 0 aliphatic rings. The highest BCUT2D eigenvalue weighted by molar-refractivity contribution is 8.28. The third kappa shape index (κ3) is 16.4. The van der Waals surface area contributed by atoms with Crippen LogP contribution in [-0.2, 0) is 18.9 Å². The molecule has 18 heavy (non-hydrogen) atoms. The molecule has 0 saturated carbocycles. The molecule has 0 fully saturated rings. The van der Waals surface area contributed by atoms with Crippen molar-refractivity contribution in [3.8, 4) is 0 Å². The molecular weight excluding hydrogens is 268 g/mol. The third-order valence-electron chi connectivity index (χ3n) is 1.94. The van der Waals surface area contributed by atoms with Gasteiger partial charge in [-0.05, 0) is 0 Å². The van der Waals surface area contributed by atoms with Gasteiger partial charge in [0.2, 0.25) is 0 Å². The molecule has 0 aromatic rings. The summed E-state index contributed by atoms with van der Waals surface area (Å²) < 4.78 is 21.0. The lowest BCUT2D eigenvalue weighted by molar-refractivity contribution is 0.00566. The van der Waals surface area contributed by atoms with Crippen molar-refractivity contribution < 1.29 is 18.9 Å². The Morgan fingerprint density at radius 2 is 1.17 bits per heavy atom. The van der Waals surface area contributed by atoms with Crippen LogP contribution in [0.1, 0.15) is 0 Å². The Morgan fingerprint density at radius 1 is 0.722 bits per heavy atom. The average Bonchev–Trinajstić information content (AvgIpc) is 2.29. The molecule has 0 bridgehead atoms. The Bertz CT molecular complexity index is 176. The molecule has 0 unspecified atom stereocenters. The molecule has 110 valence electrons. The maximum Gasteiger partial charge on any atom is 0.108 e. The zero-order valence-electron chi connectivity index (χ0n) is 12.2. The predicted molar refractivity (Wildman–Crippen MR) is 80.1 cm³/mol. The molecule has 0 aliphatic heterocycles. The molecule has 4 nitrogen and oxygen atoms in total. The summed E-state index contributed by atoms with van der Waals surface area (Å²) in [6, 6.07) is 0. The number of rotatable bonds is 13. The fraction of sp³-hybridized carbons (Fsp3) is 1.00. The van der Waals surface area contributed by atoms with Gasteiger partial charge in [0, 0.05) is 12.9 Å². The maximum atomic E-state index is 5.49. The minimum Gasteiger partial charge on any atom is -0.382 e. The molecule has 0 heterocycles. The van der Waals surface area contributed by atoms with Gasteiger partial charge in [-0.15, -0.1) is 0 Å². The highest BCUT2D eigenvalue weighted by Gasteiger charge is 2.12. The van der Waals surface area contributed by atoms with Crippen LogP contribution in [0.3, 0.4) is 0 Å². The average molecular weight is 297 g/mol. The lowest BCUT2D eigenvalue weighted by Crippen LogP contribution is -2.17. The van der Waals surface area contributed by atoms with E-state index in [0.29, 0.717) is 39.6 Å². The fourth-order valence-electron chi connectivity index (χ4n) is 1.09. The van der Waals surface area contributed by atoms with Crippen LogP contribution in [-0.4, -0.2) is 66.3 Å².